The van der Waals surface area contributed by atoms with Crippen molar-refractivity contribution in [2.75, 3.05) is 11.9 Å². The summed E-state index contributed by atoms with van der Waals surface area (Å²) in [7, 11) is 0. The summed E-state index contributed by atoms with van der Waals surface area (Å²) in [5, 5.41) is 7.88. The zero-order chi connectivity index (χ0) is 20.5. The van der Waals surface area contributed by atoms with Gasteiger partial charge in [-0.3, -0.25) is 9.59 Å². The van der Waals surface area contributed by atoms with Gasteiger partial charge in [-0.25, -0.2) is 4.79 Å². The molecule has 0 aliphatic carbocycles. The maximum absolute atomic E-state index is 12.6. The van der Waals surface area contributed by atoms with Crippen LogP contribution < -0.4 is 21.7 Å². The molecule has 4 amide bonds. The number of aryl methyl sites for hydroxylation is 1. The molecule has 2 aromatic rings. The summed E-state index contributed by atoms with van der Waals surface area (Å²) in [5.74, 6) is 1.56. The average molecular weight is 378 g/mol. The molecule has 7 nitrogen and oxygen atoms in total. The van der Waals surface area contributed by atoms with Crippen LogP contribution in [0.4, 0.5) is 10.5 Å². The number of primary amides is 1. The Morgan fingerprint density at radius 2 is 1.79 bits per heavy atom. The van der Waals surface area contributed by atoms with Crippen molar-refractivity contribution in [1.82, 2.24) is 10.6 Å². The number of terminal acetylenes is 1. The number of carbonyl (C=O) groups is 3. The van der Waals surface area contributed by atoms with Crippen molar-refractivity contribution in [3.8, 4) is 12.3 Å². The fourth-order valence-corrected chi connectivity index (χ4v) is 2.79. The zero-order valence-corrected chi connectivity index (χ0v) is 15.5. The van der Waals surface area contributed by atoms with Gasteiger partial charge in [0.15, 0.2) is 0 Å². The van der Waals surface area contributed by atoms with Crippen LogP contribution in [0.5, 0.6) is 0 Å². The molecule has 0 aromatic heterocycles. The Kier molecular flexibility index (Phi) is 7.17. The summed E-state index contributed by atoms with van der Waals surface area (Å²) in [4.78, 5) is 36.2. The highest BCUT2D eigenvalue weighted by molar-refractivity contribution is 6.04. The van der Waals surface area contributed by atoms with E-state index in [4.69, 9.17) is 12.2 Å². The van der Waals surface area contributed by atoms with E-state index in [2.05, 4.69) is 21.9 Å². The van der Waals surface area contributed by atoms with Crippen molar-refractivity contribution in [3.63, 3.8) is 0 Å². The van der Waals surface area contributed by atoms with E-state index in [1.54, 1.807) is 24.3 Å². The molecule has 0 saturated carbocycles. The number of para-hydroxylation sites is 1. The van der Waals surface area contributed by atoms with Crippen molar-refractivity contribution in [3.05, 3.63) is 65.2 Å². The second kappa shape index (κ2) is 9.78. The fourth-order valence-electron chi connectivity index (χ4n) is 2.79. The van der Waals surface area contributed by atoms with Crippen molar-refractivity contribution < 1.29 is 14.4 Å². The second-order valence-electron chi connectivity index (χ2n) is 6.10. The first-order valence-electron chi connectivity index (χ1n) is 8.64. The van der Waals surface area contributed by atoms with Crippen LogP contribution in [0.1, 0.15) is 33.9 Å². The van der Waals surface area contributed by atoms with Crippen molar-refractivity contribution >= 4 is 23.5 Å². The predicted molar refractivity (Wildman–Crippen MR) is 107 cm³/mol. The molecular weight excluding hydrogens is 356 g/mol. The van der Waals surface area contributed by atoms with Gasteiger partial charge in [0.25, 0.3) is 5.91 Å². The number of rotatable bonds is 7. The molecule has 1 atom stereocenters. The summed E-state index contributed by atoms with van der Waals surface area (Å²) < 4.78 is 0. The summed E-state index contributed by atoms with van der Waals surface area (Å²) in [6.45, 7) is 1.97. The van der Waals surface area contributed by atoms with E-state index >= 15 is 0 Å². The quantitative estimate of drug-likeness (QED) is 0.553. The van der Waals surface area contributed by atoms with Gasteiger partial charge in [0, 0.05) is 0 Å². The van der Waals surface area contributed by atoms with Gasteiger partial charge in [0.05, 0.1) is 30.3 Å². The lowest BCUT2D eigenvalue weighted by Gasteiger charge is -2.20. The molecule has 2 rings (SSSR count). The minimum absolute atomic E-state index is 0.0475. The number of benzene rings is 2. The zero-order valence-electron chi connectivity index (χ0n) is 15.5. The van der Waals surface area contributed by atoms with Crippen LogP contribution >= 0.6 is 0 Å². The van der Waals surface area contributed by atoms with Crippen molar-refractivity contribution in [1.29, 1.82) is 0 Å². The summed E-state index contributed by atoms with van der Waals surface area (Å²) in [6, 6.07) is 12.7. The largest absolute Gasteiger partial charge is 0.352 e. The molecule has 7 heteroatoms. The number of nitrogens with two attached hydrogens (primary N) is 1. The molecule has 0 fully saturated rings. The Morgan fingerprint density at radius 3 is 2.46 bits per heavy atom. The monoisotopic (exact) mass is 378 g/mol. The van der Waals surface area contributed by atoms with Crippen LogP contribution in [0.15, 0.2) is 48.5 Å². The predicted octanol–water partition coefficient (Wildman–Crippen LogP) is 2.10. The highest BCUT2D eigenvalue weighted by Gasteiger charge is 2.20. The first kappa shape index (κ1) is 20.5. The molecular formula is C21H22N4O3. The van der Waals surface area contributed by atoms with Gasteiger partial charge in [0.1, 0.15) is 0 Å². The third kappa shape index (κ3) is 5.61. The molecule has 2 aromatic carbocycles. The van der Waals surface area contributed by atoms with Gasteiger partial charge in [-0.2, -0.15) is 0 Å². The first-order chi connectivity index (χ1) is 13.4. The summed E-state index contributed by atoms with van der Waals surface area (Å²) in [5.41, 5.74) is 7.62. The van der Waals surface area contributed by atoms with E-state index in [0.29, 0.717) is 11.3 Å². The number of hydrogen-bond acceptors (Lipinski definition) is 3. The van der Waals surface area contributed by atoms with E-state index < -0.39 is 12.1 Å². The Hall–Kier alpha value is -3.79. The smallest absolute Gasteiger partial charge is 0.312 e. The number of carbonyl (C=O) groups excluding carboxylic acids is 3. The van der Waals surface area contributed by atoms with Gasteiger partial charge in [-0.15, -0.1) is 6.42 Å². The Labute approximate surface area is 163 Å². The SMILES string of the molecule is C#CCNC(=O)c1ccccc1NC(=O)CC(NC(N)=O)c1ccccc1C. The lowest BCUT2D eigenvalue weighted by molar-refractivity contribution is -0.116. The Balaban J connectivity index is 2.18. The second-order valence-corrected chi connectivity index (χ2v) is 6.10. The summed E-state index contributed by atoms with van der Waals surface area (Å²) in [6.07, 6.45) is 5.11. The van der Waals surface area contributed by atoms with Crippen molar-refractivity contribution in [2.45, 2.75) is 19.4 Å². The number of hydrogen-bond donors (Lipinski definition) is 4. The molecule has 0 heterocycles. The number of amides is 4. The van der Waals surface area contributed by atoms with E-state index in [1.807, 2.05) is 31.2 Å². The third-order valence-electron chi connectivity index (χ3n) is 4.07. The van der Waals surface area contributed by atoms with Gasteiger partial charge < -0.3 is 21.7 Å². The van der Waals surface area contributed by atoms with Crippen LogP contribution in [0.2, 0.25) is 0 Å². The lowest BCUT2D eigenvalue weighted by atomic mass is 9.98. The first-order valence-corrected chi connectivity index (χ1v) is 8.64. The molecule has 0 aliphatic heterocycles. The molecule has 0 saturated heterocycles. The highest BCUT2D eigenvalue weighted by atomic mass is 16.2. The molecule has 0 spiro atoms. The molecule has 0 radical (unpaired) electrons. The molecule has 1 unspecified atom stereocenters. The minimum atomic E-state index is -0.727. The number of nitrogens with one attached hydrogen (secondary N) is 3. The lowest BCUT2D eigenvalue weighted by Crippen LogP contribution is -2.35. The average Bonchev–Trinajstić information content (AvgIpc) is 2.66. The van der Waals surface area contributed by atoms with Gasteiger partial charge in [-0.05, 0) is 30.2 Å². The minimum Gasteiger partial charge on any atom is -0.352 e. The topological polar surface area (TPSA) is 113 Å². The van der Waals surface area contributed by atoms with Crippen LogP contribution in [0.3, 0.4) is 0 Å². The van der Waals surface area contributed by atoms with E-state index in [0.717, 1.165) is 11.1 Å². The third-order valence-corrected chi connectivity index (χ3v) is 4.07. The number of urea groups is 1. The highest BCUT2D eigenvalue weighted by Crippen LogP contribution is 2.22. The maximum Gasteiger partial charge on any atom is 0.312 e. The Bertz CT molecular complexity index is 918. The van der Waals surface area contributed by atoms with Crippen LogP contribution in [-0.4, -0.2) is 24.4 Å². The van der Waals surface area contributed by atoms with Crippen molar-refractivity contribution in [2.24, 2.45) is 5.73 Å². The van der Waals surface area contributed by atoms with Crippen LogP contribution in [-0.2, 0) is 4.79 Å². The molecule has 5 N–H and O–H groups in total. The van der Waals surface area contributed by atoms with Crippen LogP contribution in [0.25, 0.3) is 0 Å². The molecule has 144 valence electrons. The number of anilines is 1. The van der Waals surface area contributed by atoms with Gasteiger partial charge in [-0.1, -0.05) is 42.3 Å². The standard InChI is InChI=1S/C21H22N4O3/c1-3-12-23-20(27)16-10-6-7-11-17(16)24-19(26)13-18(25-21(22)28)15-9-5-4-8-14(15)2/h1,4-11,18H,12-13H2,2H3,(H,23,27)(H,24,26)(H3,22,25,28). The summed E-state index contributed by atoms with van der Waals surface area (Å²) >= 11 is 0. The molecule has 0 bridgehead atoms. The van der Waals surface area contributed by atoms with Crippen LogP contribution in [0, 0.1) is 19.3 Å². The normalized spacial score (nSPS) is 11.0. The van der Waals surface area contributed by atoms with Gasteiger partial charge in [0.2, 0.25) is 5.91 Å². The fraction of sp³-hybridized carbons (Fsp3) is 0.190. The van der Waals surface area contributed by atoms with E-state index in [1.165, 1.54) is 0 Å². The van der Waals surface area contributed by atoms with Gasteiger partial charge >= 0.3 is 6.03 Å². The van der Waals surface area contributed by atoms with E-state index in [-0.39, 0.29) is 24.8 Å². The maximum atomic E-state index is 12.6. The van der Waals surface area contributed by atoms with E-state index in [9.17, 15) is 14.4 Å². The molecule has 0 aliphatic rings. The Morgan fingerprint density at radius 1 is 1.11 bits per heavy atom. The molecule has 28 heavy (non-hydrogen) atoms.